The van der Waals surface area contributed by atoms with E-state index in [0.717, 1.165) is 0 Å². The van der Waals surface area contributed by atoms with Crippen molar-refractivity contribution in [2.75, 3.05) is 0 Å². The normalized spacial score (nSPS) is 10.7. The van der Waals surface area contributed by atoms with Crippen LogP contribution >= 0.6 is 22.7 Å². The van der Waals surface area contributed by atoms with Crippen LogP contribution in [0.15, 0.2) is 52.5 Å². The largest absolute Gasteiger partial charge is 0.243 e. The molecule has 2 heteroatoms. The van der Waals surface area contributed by atoms with Gasteiger partial charge in [0.2, 0.25) is 4.69 Å². The summed E-state index contributed by atoms with van der Waals surface area (Å²) < 4.78 is 2.16. The minimum atomic E-state index is 1.31. The van der Waals surface area contributed by atoms with E-state index < -0.39 is 0 Å². The zero-order chi connectivity index (χ0) is 10.1. The molecule has 15 heavy (non-hydrogen) atoms. The Hall–Kier alpha value is -1.25. The van der Waals surface area contributed by atoms with Gasteiger partial charge in [0.05, 0.1) is 22.7 Å². The Morgan fingerprint density at radius 1 is 0.933 bits per heavy atom. The first-order valence-electron chi connectivity index (χ1n) is 4.77. The molecule has 0 spiro atoms. The van der Waals surface area contributed by atoms with Crippen LogP contribution in [0.2, 0.25) is 0 Å². The van der Waals surface area contributed by atoms with Gasteiger partial charge in [0, 0.05) is 5.56 Å². The molecule has 0 saturated carbocycles. The third kappa shape index (κ3) is 1.56. The molecule has 0 aliphatic heterocycles. The molecule has 3 rings (SSSR count). The Labute approximate surface area is 96.5 Å². The van der Waals surface area contributed by atoms with Crippen molar-refractivity contribution in [2.45, 2.75) is 0 Å². The smallest absolute Gasteiger partial charge is 0.0616 e. The number of benzene rings is 2. The Balaban J connectivity index is 2.36. The molecule has 0 nitrogen and oxygen atoms in total. The van der Waals surface area contributed by atoms with Gasteiger partial charge in [0.25, 0.3) is 0 Å². The van der Waals surface area contributed by atoms with E-state index in [9.17, 15) is 0 Å². The quantitative estimate of drug-likeness (QED) is 0.520. The second-order valence-corrected chi connectivity index (χ2v) is 5.31. The maximum atomic E-state index is 2.21. The molecule has 0 amide bonds. The van der Waals surface area contributed by atoms with E-state index in [1.807, 2.05) is 11.3 Å². The lowest BCUT2D eigenvalue weighted by molar-refractivity contribution is 1.74. The minimum absolute atomic E-state index is 1.31. The Kier molecular flexibility index (Phi) is 2.24. The summed E-state index contributed by atoms with van der Waals surface area (Å²) in [7, 11) is 0. The predicted octanol–water partition coefficient (Wildman–Crippen LogP) is 4.91. The average Bonchev–Trinajstić information content (AvgIpc) is 2.82. The zero-order valence-electron chi connectivity index (χ0n) is 8.01. The highest BCUT2D eigenvalue weighted by molar-refractivity contribution is 7.29. The second kappa shape index (κ2) is 3.72. The third-order valence-electron chi connectivity index (χ3n) is 2.46. The first-order valence-corrected chi connectivity index (χ1v) is 6.59. The molecule has 0 radical (unpaired) electrons. The van der Waals surface area contributed by atoms with Gasteiger partial charge in [-0.05, 0) is 10.8 Å². The SMILES string of the molecule is c1ccc2c(-c3c[s+]cs3)cccc2c1. The molecule has 0 bridgehead atoms. The van der Waals surface area contributed by atoms with Crippen molar-refractivity contribution in [1.82, 2.24) is 0 Å². The number of rotatable bonds is 1. The van der Waals surface area contributed by atoms with Gasteiger partial charge in [-0.15, -0.1) is 0 Å². The van der Waals surface area contributed by atoms with Crippen LogP contribution < -0.4 is 0 Å². The summed E-state index contributed by atoms with van der Waals surface area (Å²) >= 11 is 3.57. The summed E-state index contributed by atoms with van der Waals surface area (Å²) in [6.45, 7) is 0. The highest BCUT2D eigenvalue weighted by Crippen LogP contribution is 2.32. The van der Waals surface area contributed by atoms with Gasteiger partial charge >= 0.3 is 0 Å². The summed E-state index contributed by atoms with van der Waals surface area (Å²) in [5.41, 5.74) is 1.35. The van der Waals surface area contributed by atoms with Crippen LogP contribution in [0.25, 0.3) is 21.2 Å². The van der Waals surface area contributed by atoms with Crippen LogP contribution in [0.3, 0.4) is 0 Å². The molecule has 1 heterocycles. The lowest BCUT2D eigenvalue weighted by atomic mass is 10.0. The molecule has 0 N–H and O–H groups in total. The maximum Gasteiger partial charge on any atom is 0.243 e. The average molecular weight is 229 g/mol. The third-order valence-corrected chi connectivity index (χ3v) is 4.40. The van der Waals surface area contributed by atoms with Crippen LogP contribution in [0.4, 0.5) is 0 Å². The van der Waals surface area contributed by atoms with E-state index in [4.69, 9.17) is 0 Å². The highest BCUT2D eigenvalue weighted by atomic mass is 32.2. The molecule has 0 aliphatic carbocycles. The molecule has 3 aromatic rings. The first-order chi connectivity index (χ1) is 7.45. The molecule has 2 aromatic carbocycles. The van der Waals surface area contributed by atoms with Crippen molar-refractivity contribution >= 4 is 33.4 Å². The lowest BCUT2D eigenvalue weighted by Gasteiger charge is -2.00. The molecule has 0 atom stereocenters. The fourth-order valence-corrected chi connectivity index (χ4v) is 3.57. The van der Waals surface area contributed by atoms with Crippen molar-refractivity contribution in [3.63, 3.8) is 0 Å². The van der Waals surface area contributed by atoms with Gasteiger partial charge in [-0.2, -0.15) is 0 Å². The molecule has 0 unspecified atom stereocenters. The van der Waals surface area contributed by atoms with E-state index in [2.05, 4.69) is 52.5 Å². The van der Waals surface area contributed by atoms with Crippen LogP contribution in [-0.4, -0.2) is 0 Å². The summed E-state index contributed by atoms with van der Waals surface area (Å²) in [6, 6.07) is 15.0. The maximum absolute atomic E-state index is 2.21. The van der Waals surface area contributed by atoms with Crippen molar-refractivity contribution in [2.24, 2.45) is 0 Å². The van der Waals surface area contributed by atoms with Gasteiger partial charge in [-0.1, -0.05) is 42.5 Å². The Morgan fingerprint density at radius 3 is 2.67 bits per heavy atom. The van der Waals surface area contributed by atoms with Crippen molar-refractivity contribution in [3.05, 3.63) is 52.5 Å². The predicted molar refractivity (Wildman–Crippen MR) is 69.5 cm³/mol. The monoisotopic (exact) mass is 229 g/mol. The van der Waals surface area contributed by atoms with Crippen molar-refractivity contribution in [3.8, 4) is 10.4 Å². The molecule has 72 valence electrons. The van der Waals surface area contributed by atoms with Gasteiger partial charge in [-0.25, -0.2) is 0 Å². The fraction of sp³-hybridized carbons (Fsp3) is 0. The van der Waals surface area contributed by atoms with Crippen LogP contribution in [0, 0.1) is 0 Å². The number of hydrogen-bond donors (Lipinski definition) is 0. The summed E-state index contributed by atoms with van der Waals surface area (Å²) in [6.07, 6.45) is 0. The Bertz CT molecular complexity index is 577. The van der Waals surface area contributed by atoms with Gasteiger partial charge in [0.15, 0.2) is 4.88 Å². The van der Waals surface area contributed by atoms with Gasteiger partial charge in [0.1, 0.15) is 5.38 Å². The van der Waals surface area contributed by atoms with Crippen molar-refractivity contribution in [1.29, 1.82) is 0 Å². The number of hydrogen-bond acceptors (Lipinski definition) is 1. The fourth-order valence-electron chi connectivity index (χ4n) is 1.76. The topological polar surface area (TPSA) is 0 Å². The van der Waals surface area contributed by atoms with Gasteiger partial charge in [-0.3, -0.25) is 0 Å². The van der Waals surface area contributed by atoms with Crippen molar-refractivity contribution < 1.29 is 0 Å². The standard InChI is InChI=1S/C13H9S2/c1-2-6-11-10(4-1)5-3-7-12(11)13-8-14-9-15-13/h1-9H/q+1. The van der Waals surface area contributed by atoms with E-state index in [0.29, 0.717) is 0 Å². The van der Waals surface area contributed by atoms with Crippen LogP contribution in [0.5, 0.6) is 0 Å². The summed E-state index contributed by atoms with van der Waals surface area (Å²) in [5, 5.41) is 4.87. The molecular weight excluding hydrogens is 220 g/mol. The Morgan fingerprint density at radius 2 is 1.80 bits per heavy atom. The first kappa shape index (κ1) is 9.01. The van der Waals surface area contributed by atoms with Gasteiger partial charge < -0.3 is 0 Å². The molecule has 0 aliphatic rings. The highest BCUT2D eigenvalue weighted by Gasteiger charge is 2.09. The number of fused-ring (bicyclic) bond motifs is 1. The second-order valence-electron chi connectivity index (χ2n) is 3.36. The summed E-state index contributed by atoms with van der Waals surface area (Å²) in [4.78, 5) is 1.36. The summed E-state index contributed by atoms with van der Waals surface area (Å²) in [5.74, 6) is 0. The van der Waals surface area contributed by atoms with E-state index in [-0.39, 0.29) is 0 Å². The van der Waals surface area contributed by atoms with Crippen LogP contribution in [0.1, 0.15) is 0 Å². The molecular formula is C13H9S2+. The molecule has 0 fully saturated rings. The lowest BCUT2D eigenvalue weighted by Crippen LogP contribution is -1.76. The van der Waals surface area contributed by atoms with E-state index >= 15 is 0 Å². The molecule has 1 aromatic heterocycles. The molecule has 0 saturated heterocycles. The zero-order valence-corrected chi connectivity index (χ0v) is 9.65. The minimum Gasteiger partial charge on any atom is -0.0616 e. The van der Waals surface area contributed by atoms with E-state index in [1.165, 1.54) is 21.2 Å². The van der Waals surface area contributed by atoms with Crippen LogP contribution in [-0.2, 0) is 0 Å². The van der Waals surface area contributed by atoms with E-state index in [1.54, 1.807) is 11.3 Å².